The number of nitrogens with one attached hydrogen (secondary N) is 2. The number of amides is 1. The molecule has 1 unspecified atom stereocenters. The van der Waals surface area contributed by atoms with Crippen molar-refractivity contribution in [1.29, 1.82) is 0 Å². The monoisotopic (exact) mass is 318 g/mol. The summed E-state index contributed by atoms with van der Waals surface area (Å²) in [6, 6.07) is 4.57. The van der Waals surface area contributed by atoms with Crippen molar-refractivity contribution in [3.63, 3.8) is 0 Å². The van der Waals surface area contributed by atoms with Crippen LogP contribution >= 0.6 is 0 Å². The van der Waals surface area contributed by atoms with Gasteiger partial charge in [-0.1, -0.05) is 12.5 Å². The lowest BCUT2D eigenvalue weighted by Crippen LogP contribution is -2.43. The van der Waals surface area contributed by atoms with Gasteiger partial charge in [-0.3, -0.25) is 4.79 Å². The molecule has 1 fully saturated rings. The fourth-order valence-electron chi connectivity index (χ4n) is 2.16. The van der Waals surface area contributed by atoms with Gasteiger partial charge in [0.25, 0.3) is 0 Å². The second-order valence-electron chi connectivity index (χ2n) is 4.83. The molecule has 1 amide bonds. The molecule has 1 aromatic carbocycles. The summed E-state index contributed by atoms with van der Waals surface area (Å²) < 4.78 is 47.8. The van der Waals surface area contributed by atoms with Crippen LogP contribution in [-0.2, 0) is 14.6 Å². The Hall–Kier alpha value is -1.54. The summed E-state index contributed by atoms with van der Waals surface area (Å²) in [4.78, 5) is 11.5. The lowest BCUT2D eigenvalue weighted by molar-refractivity contribution is -0.118. The van der Waals surface area contributed by atoms with Crippen LogP contribution in [0, 0.1) is 0 Å². The Kier molecular flexibility index (Phi) is 4.89. The Labute approximate surface area is 121 Å². The number of benzene rings is 1. The molecule has 0 bridgehead atoms. The van der Waals surface area contributed by atoms with Gasteiger partial charge in [0.1, 0.15) is 0 Å². The van der Waals surface area contributed by atoms with Crippen LogP contribution < -0.4 is 10.6 Å². The summed E-state index contributed by atoms with van der Waals surface area (Å²) in [6.45, 7) is 0.748. The zero-order chi connectivity index (χ0) is 15.5. The number of anilines is 1. The van der Waals surface area contributed by atoms with E-state index >= 15 is 0 Å². The highest BCUT2D eigenvalue weighted by Gasteiger charge is 2.27. The van der Waals surface area contributed by atoms with Crippen LogP contribution in [0.1, 0.15) is 19.3 Å². The molecule has 21 heavy (non-hydrogen) atoms. The molecule has 0 spiro atoms. The van der Waals surface area contributed by atoms with E-state index in [0.717, 1.165) is 31.5 Å². The smallest absolute Gasteiger partial charge is 0.325 e. The van der Waals surface area contributed by atoms with Gasteiger partial charge in [-0.2, -0.15) is 8.78 Å². The lowest BCUT2D eigenvalue weighted by Gasteiger charge is -2.22. The number of hydrogen-bond acceptors (Lipinski definition) is 4. The largest absolute Gasteiger partial charge is 0.341 e. The van der Waals surface area contributed by atoms with Crippen molar-refractivity contribution in [3.8, 4) is 0 Å². The SMILES string of the molecule is O=C(Nc1cccc(S(=O)(=O)C(F)F)c1)C1CCCCN1. The van der Waals surface area contributed by atoms with E-state index in [1.807, 2.05) is 0 Å². The highest BCUT2D eigenvalue weighted by Crippen LogP contribution is 2.21. The second-order valence-corrected chi connectivity index (χ2v) is 6.74. The first-order valence-corrected chi connectivity index (χ1v) is 8.12. The number of alkyl halides is 2. The van der Waals surface area contributed by atoms with E-state index in [-0.39, 0.29) is 17.6 Å². The first-order chi connectivity index (χ1) is 9.91. The Morgan fingerprint density at radius 2 is 2.10 bits per heavy atom. The van der Waals surface area contributed by atoms with E-state index in [0.29, 0.717) is 6.42 Å². The molecule has 116 valence electrons. The zero-order valence-electron chi connectivity index (χ0n) is 11.2. The summed E-state index contributed by atoms with van der Waals surface area (Å²) >= 11 is 0. The number of piperidine rings is 1. The van der Waals surface area contributed by atoms with Gasteiger partial charge in [-0.05, 0) is 37.6 Å². The van der Waals surface area contributed by atoms with Gasteiger partial charge < -0.3 is 10.6 Å². The maximum Gasteiger partial charge on any atom is 0.341 e. The third-order valence-electron chi connectivity index (χ3n) is 3.29. The van der Waals surface area contributed by atoms with Gasteiger partial charge in [0.15, 0.2) is 0 Å². The average molecular weight is 318 g/mol. The highest BCUT2D eigenvalue weighted by atomic mass is 32.2. The third-order valence-corrected chi connectivity index (χ3v) is 4.67. The number of sulfone groups is 1. The van der Waals surface area contributed by atoms with Crippen molar-refractivity contribution in [2.45, 2.75) is 36.0 Å². The second kappa shape index (κ2) is 6.48. The first-order valence-electron chi connectivity index (χ1n) is 6.57. The number of halogens is 2. The molecule has 8 heteroatoms. The van der Waals surface area contributed by atoms with Gasteiger partial charge in [0, 0.05) is 5.69 Å². The summed E-state index contributed by atoms with van der Waals surface area (Å²) in [5.41, 5.74) is 0.189. The van der Waals surface area contributed by atoms with Crippen molar-refractivity contribution in [1.82, 2.24) is 5.32 Å². The molecule has 1 atom stereocenters. The Balaban J connectivity index is 2.13. The summed E-state index contributed by atoms with van der Waals surface area (Å²) in [6.07, 6.45) is 2.64. The number of carbonyl (C=O) groups excluding carboxylic acids is 1. The predicted octanol–water partition coefficient (Wildman–Crippen LogP) is 1.76. The minimum absolute atomic E-state index is 0.189. The van der Waals surface area contributed by atoms with Crippen LogP contribution in [0.2, 0.25) is 0 Å². The van der Waals surface area contributed by atoms with Gasteiger partial charge in [-0.25, -0.2) is 8.42 Å². The van der Waals surface area contributed by atoms with Crippen LogP contribution in [0.5, 0.6) is 0 Å². The van der Waals surface area contributed by atoms with Gasteiger partial charge in [0.05, 0.1) is 10.9 Å². The molecule has 0 saturated carbocycles. The molecule has 2 rings (SSSR count). The van der Waals surface area contributed by atoms with Crippen molar-refractivity contribution in [2.75, 3.05) is 11.9 Å². The standard InChI is InChI=1S/C13H16F2N2O3S/c14-13(15)21(19,20)10-5-3-4-9(8-10)17-12(18)11-6-1-2-7-16-11/h3-5,8,11,13,16H,1-2,6-7H2,(H,17,18). The molecule has 5 nitrogen and oxygen atoms in total. The van der Waals surface area contributed by atoms with Crippen LogP contribution in [0.15, 0.2) is 29.2 Å². The van der Waals surface area contributed by atoms with E-state index < -0.39 is 20.5 Å². The summed E-state index contributed by atoms with van der Waals surface area (Å²) in [7, 11) is -4.66. The minimum Gasteiger partial charge on any atom is -0.325 e. The number of hydrogen-bond donors (Lipinski definition) is 2. The first kappa shape index (κ1) is 15.8. The number of carbonyl (C=O) groups is 1. The molecule has 0 aromatic heterocycles. The van der Waals surface area contributed by atoms with E-state index in [2.05, 4.69) is 10.6 Å². The molecule has 1 saturated heterocycles. The summed E-state index contributed by atoms with van der Waals surface area (Å²) in [5, 5.41) is 5.60. The Morgan fingerprint density at radius 3 is 2.71 bits per heavy atom. The molecular formula is C13H16F2N2O3S. The number of rotatable bonds is 4. The van der Waals surface area contributed by atoms with Crippen LogP contribution in [0.25, 0.3) is 0 Å². The van der Waals surface area contributed by atoms with Gasteiger partial charge in [0.2, 0.25) is 15.7 Å². The normalized spacial score (nSPS) is 19.5. The van der Waals surface area contributed by atoms with Crippen molar-refractivity contribution in [3.05, 3.63) is 24.3 Å². The van der Waals surface area contributed by atoms with E-state index in [9.17, 15) is 22.0 Å². The lowest BCUT2D eigenvalue weighted by atomic mass is 10.0. The van der Waals surface area contributed by atoms with Crippen molar-refractivity contribution < 1.29 is 22.0 Å². The van der Waals surface area contributed by atoms with E-state index in [1.54, 1.807) is 0 Å². The van der Waals surface area contributed by atoms with Crippen molar-refractivity contribution in [2.24, 2.45) is 0 Å². The van der Waals surface area contributed by atoms with Crippen LogP contribution in [0.4, 0.5) is 14.5 Å². The molecule has 0 aliphatic carbocycles. The topological polar surface area (TPSA) is 75.3 Å². The van der Waals surface area contributed by atoms with Crippen LogP contribution in [0.3, 0.4) is 0 Å². The Morgan fingerprint density at radius 1 is 1.33 bits per heavy atom. The zero-order valence-corrected chi connectivity index (χ0v) is 12.0. The van der Waals surface area contributed by atoms with Gasteiger partial charge in [-0.15, -0.1) is 0 Å². The Bertz CT molecular complexity index is 614. The maximum absolute atomic E-state index is 12.5. The van der Waals surface area contributed by atoms with Crippen molar-refractivity contribution >= 4 is 21.4 Å². The van der Waals surface area contributed by atoms with Gasteiger partial charge >= 0.3 is 5.76 Å². The third kappa shape index (κ3) is 3.76. The fourth-order valence-corrected chi connectivity index (χ4v) is 2.92. The quantitative estimate of drug-likeness (QED) is 0.887. The van der Waals surface area contributed by atoms with E-state index in [4.69, 9.17) is 0 Å². The molecule has 1 heterocycles. The fraction of sp³-hybridized carbons (Fsp3) is 0.462. The molecular weight excluding hydrogens is 302 g/mol. The predicted molar refractivity (Wildman–Crippen MR) is 73.9 cm³/mol. The molecule has 1 aliphatic rings. The summed E-state index contributed by atoms with van der Waals surface area (Å²) in [5.74, 6) is -3.77. The van der Waals surface area contributed by atoms with Crippen LogP contribution in [-0.4, -0.2) is 32.7 Å². The highest BCUT2D eigenvalue weighted by molar-refractivity contribution is 7.91. The molecule has 0 radical (unpaired) electrons. The van der Waals surface area contributed by atoms with E-state index in [1.165, 1.54) is 12.1 Å². The molecule has 1 aliphatic heterocycles. The molecule has 2 N–H and O–H groups in total. The average Bonchev–Trinajstić information content (AvgIpc) is 2.48. The maximum atomic E-state index is 12.5. The minimum atomic E-state index is -4.66. The molecule has 1 aromatic rings.